The minimum absolute atomic E-state index is 0.295. The minimum Gasteiger partial charge on any atom is -0.390 e. The summed E-state index contributed by atoms with van der Waals surface area (Å²) in [6.07, 6.45) is 5.28. The van der Waals surface area contributed by atoms with E-state index < -0.39 is 15.6 Å². The Kier molecular flexibility index (Phi) is 4.78. The molecule has 1 aromatic rings. The predicted octanol–water partition coefficient (Wildman–Crippen LogP) is 1.72. The van der Waals surface area contributed by atoms with Crippen molar-refractivity contribution in [3.05, 3.63) is 29.8 Å². The highest BCUT2D eigenvalue weighted by atomic mass is 32.2. The third-order valence-corrected chi connectivity index (χ3v) is 6.85. The summed E-state index contributed by atoms with van der Waals surface area (Å²) in [6.45, 7) is 2.66. The van der Waals surface area contributed by atoms with Gasteiger partial charge in [0.15, 0.2) is 0 Å². The van der Waals surface area contributed by atoms with Crippen molar-refractivity contribution in [3.8, 4) is 0 Å². The van der Waals surface area contributed by atoms with Crippen molar-refractivity contribution in [2.24, 2.45) is 5.92 Å². The molecule has 5 nitrogen and oxygen atoms in total. The highest BCUT2D eigenvalue weighted by molar-refractivity contribution is 7.89. The standard InChI is InChI=1S/C17H26N2O3S/c1-18-23(21,22)16-7-5-14(6-8-16)12-19-11-10-17(20)9-3-2-4-15(17)13-19/h5-8,15,18,20H,2-4,9-13H2,1H3/t15-,17-/m0/s1. The lowest BCUT2D eigenvalue weighted by Crippen LogP contribution is -2.52. The molecule has 23 heavy (non-hydrogen) atoms. The summed E-state index contributed by atoms with van der Waals surface area (Å²) >= 11 is 0. The molecule has 2 fully saturated rings. The number of hydrogen-bond donors (Lipinski definition) is 2. The first-order chi connectivity index (χ1) is 10.9. The van der Waals surface area contributed by atoms with Crippen molar-refractivity contribution in [1.29, 1.82) is 0 Å². The molecular weight excluding hydrogens is 312 g/mol. The van der Waals surface area contributed by atoms with Gasteiger partial charge in [-0.1, -0.05) is 25.0 Å². The van der Waals surface area contributed by atoms with Gasteiger partial charge in [-0.25, -0.2) is 13.1 Å². The number of piperidine rings is 1. The first-order valence-corrected chi connectivity index (χ1v) is 9.88. The number of nitrogens with zero attached hydrogens (tertiary/aromatic N) is 1. The van der Waals surface area contributed by atoms with E-state index in [2.05, 4.69) is 9.62 Å². The maximum atomic E-state index is 11.7. The Labute approximate surface area is 138 Å². The molecule has 6 heteroatoms. The molecule has 0 spiro atoms. The van der Waals surface area contributed by atoms with Crippen LogP contribution in [0.15, 0.2) is 29.2 Å². The van der Waals surface area contributed by atoms with Crippen molar-refractivity contribution < 1.29 is 13.5 Å². The predicted molar refractivity (Wildman–Crippen MR) is 89.5 cm³/mol. The van der Waals surface area contributed by atoms with Crippen LogP contribution >= 0.6 is 0 Å². The van der Waals surface area contributed by atoms with Gasteiger partial charge in [-0.15, -0.1) is 0 Å². The second kappa shape index (κ2) is 6.51. The number of rotatable bonds is 4. The average Bonchev–Trinajstić information content (AvgIpc) is 2.55. The molecule has 0 aromatic heterocycles. The number of nitrogens with one attached hydrogen (secondary N) is 1. The van der Waals surface area contributed by atoms with Gasteiger partial charge in [0.2, 0.25) is 10.0 Å². The van der Waals surface area contributed by atoms with E-state index in [9.17, 15) is 13.5 Å². The number of aliphatic hydroxyl groups is 1. The molecule has 2 N–H and O–H groups in total. The van der Waals surface area contributed by atoms with E-state index in [0.717, 1.165) is 50.9 Å². The van der Waals surface area contributed by atoms with E-state index >= 15 is 0 Å². The smallest absolute Gasteiger partial charge is 0.240 e. The van der Waals surface area contributed by atoms with Gasteiger partial charge in [-0.3, -0.25) is 4.90 Å². The summed E-state index contributed by atoms with van der Waals surface area (Å²) in [5.74, 6) is 0.383. The van der Waals surface area contributed by atoms with Crippen LogP contribution < -0.4 is 4.72 Å². The van der Waals surface area contributed by atoms with Gasteiger partial charge >= 0.3 is 0 Å². The Balaban J connectivity index is 1.64. The monoisotopic (exact) mass is 338 g/mol. The summed E-state index contributed by atoms with van der Waals surface area (Å²) < 4.78 is 25.8. The Hall–Kier alpha value is -0.950. The normalized spacial score (nSPS) is 29.2. The zero-order valence-electron chi connectivity index (χ0n) is 13.7. The lowest BCUT2D eigenvalue weighted by atomic mass is 9.71. The van der Waals surface area contributed by atoms with Gasteiger partial charge < -0.3 is 5.11 Å². The van der Waals surface area contributed by atoms with Gasteiger partial charge in [-0.2, -0.15) is 0 Å². The van der Waals surface area contributed by atoms with E-state index in [0.29, 0.717) is 10.8 Å². The maximum Gasteiger partial charge on any atom is 0.240 e. The Morgan fingerprint density at radius 1 is 1.26 bits per heavy atom. The Morgan fingerprint density at radius 3 is 2.70 bits per heavy atom. The van der Waals surface area contributed by atoms with Crippen molar-refractivity contribution in [1.82, 2.24) is 9.62 Å². The molecule has 1 aromatic carbocycles. The highest BCUT2D eigenvalue weighted by Crippen LogP contribution is 2.40. The van der Waals surface area contributed by atoms with Gasteiger partial charge in [0.05, 0.1) is 10.5 Å². The second-order valence-corrected chi connectivity index (χ2v) is 8.77. The van der Waals surface area contributed by atoms with Crippen molar-refractivity contribution in [2.75, 3.05) is 20.1 Å². The van der Waals surface area contributed by atoms with Crippen molar-refractivity contribution in [3.63, 3.8) is 0 Å². The van der Waals surface area contributed by atoms with Gasteiger partial charge in [0, 0.05) is 25.6 Å². The minimum atomic E-state index is -3.37. The SMILES string of the molecule is CNS(=O)(=O)c1ccc(CN2CC[C@@]3(O)CCCC[C@H]3C2)cc1. The summed E-state index contributed by atoms with van der Waals surface area (Å²) in [6, 6.07) is 7.07. The molecule has 128 valence electrons. The number of benzene rings is 1. The molecule has 1 saturated carbocycles. The van der Waals surface area contributed by atoms with Crippen LogP contribution in [0.2, 0.25) is 0 Å². The lowest BCUT2D eigenvalue weighted by molar-refractivity contribution is -0.0967. The second-order valence-electron chi connectivity index (χ2n) is 6.88. The van der Waals surface area contributed by atoms with E-state index in [4.69, 9.17) is 0 Å². The average molecular weight is 338 g/mol. The van der Waals surface area contributed by atoms with Gasteiger partial charge in [0.1, 0.15) is 0 Å². The molecule has 3 rings (SSSR count). The van der Waals surface area contributed by atoms with Crippen LogP contribution in [-0.4, -0.2) is 44.2 Å². The number of likely N-dealkylation sites (tertiary alicyclic amines) is 1. The molecular formula is C17H26N2O3S. The molecule has 1 aliphatic carbocycles. The van der Waals surface area contributed by atoms with Gasteiger partial charge in [-0.05, 0) is 44.0 Å². The van der Waals surface area contributed by atoms with Crippen LogP contribution in [0, 0.1) is 5.92 Å². The Bertz CT molecular complexity index is 644. The zero-order valence-corrected chi connectivity index (χ0v) is 14.5. The van der Waals surface area contributed by atoms with Crippen molar-refractivity contribution in [2.45, 2.75) is 49.1 Å². The topological polar surface area (TPSA) is 69.6 Å². The van der Waals surface area contributed by atoms with Crippen LogP contribution in [0.4, 0.5) is 0 Å². The van der Waals surface area contributed by atoms with E-state index in [1.807, 2.05) is 12.1 Å². The largest absolute Gasteiger partial charge is 0.390 e. The number of hydrogen-bond acceptors (Lipinski definition) is 4. The third-order valence-electron chi connectivity index (χ3n) is 5.42. The molecule has 0 bridgehead atoms. The first-order valence-electron chi connectivity index (χ1n) is 8.40. The Morgan fingerprint density at radius 2 is 2.00 bits per heavy atom. The van der Waals surface area contributed by atoms with Gasteiger partial charge in [0.25, 0.3) is 0 Å². The van der Waals surface area contributed by atoms with Crippen LogP contribution in [-0.2, 0) is 16.6 Å². The molecule has 0 radical (unpaired) electrons. The maximum absolute atomic E-state index is 11.7. The highest BCUT2D eigenvalue weighted by Gasteiger charge is 2.42. The summed E-state index contributed by atoms with van der Waals surface area (Å²) in [7, 11) is -1.95. The lowest BCUT2D eigenvalue weighted by Gasteiger charge is -2.47. The molecule has 2 atom stereocenters. The fourth-order valence-corrected chi connectivity index (χ4v) is 4.66. The van der Waals surface area contributed by atoms with Crippen molar-refractivity contribution >= 4 is 10.0 Å². The summed E-state index contributed by atoms with van der Waals surface area (Å²) in [4.78, 5) is 2.68. The zero-order chi connectivity index (χ0) is 16.5. The van der Waals surface area contributed by atoms with Crippen LogP contribution in [0.25, 0.3) is 0 Å². The first kappa shape index (κ1) is 16.9. The molecule has 0 amide bonds. The van der Waals surface area contributed by atoms with Crippen LogP contribution in [0.3, 0.4) is 0 Å². The van der Waals surface area contributed by atoms with E-state index in [-0.39, 0.29) is 0 Å². The quantitative estimate of drug-likeness (QED) is 0.877. The van der Waals surface area contributed by atoms with Crippen LogP contribution in [0.5, 0.6) is 0 Å². The summed E-state index contributed by atoms with van der Waals surface area (Å²) in [5, 5.41) is 10.7. The molecule has 1 saturated heterocycles. The van der Waals surface area contributed by atoms with Crippen LogP contribution in [0.1, 0.15) is 37.7 Å². The molecule has 2 aliphatic rings. The fraction of sp³-hybridized carbons (Fsp3) is 0.647. The summed E-state index contributed by atoms with van der Waals surface area (Å²) in [5.41, 5.74) is 0.667. The van der Waals surface area contributed by atoms with E-state index in [1.165, 1.54) is 13.5 Å². The molecule has 1 aliphatic heterocycles. The number of fused-ring (bicyclic) bond motifs is 1. The molecule has 1 heterocycles. The van der Waals surface area contributed by atoms with E-state index in [1.54, 1.807) is 12.1 Å². The fourth-order valence-electron chi connectivity index (χ4n) is 3.93. The molecule has 0 unspecified atom stereocenters. The third kappa shape index (κ3) is 3.60. The number of sulfonamides is 1.